The first-order chi connectivity index (χ1) is 9.40. The maximum absolute atomic E-state index is 12.3. The third kappa shape index (κ3) is 3.73. The first kappa shape index (κ1) is 15.8. The Bertz CT molecular complexity index is 574. The summed E-state index contributed by atoms with van der Waals surface area (Å²) in [5.41, 5.74) is 0.658. The normalized spacial score (nSPS) is 23.8. The van der Waals surface area contributed by atoms with E-state index >= 15 is 0 Å². The van der Waals surface area contributed by atoms with Gasteiger partial charge in [-0.15, -0.1) is 0 Å². The highest BCUT2D eigenvalue weighted by atomic mass is 35.5. The number of benzene rings is 1. The molecule has 1 saturated carbocycles. The van der Waals surface area contributed by atoms with Crippen molar-refractivity contribution >= 4 is 21.6 Å². The van der Waals surface area contributed by atoms with E-state index in [0.29, 0.717) is 10.6 Å². The highest BCUT2D eigenvalue weighted by Gasteiger charge is 2.25. The lowest BCUT2D eigenvalue weighted by molar-refractivity contribution is 0.0724. The number of aliphatic hydroxyl groups excluding tert-OH is 1. The van der Waals surface area contributed by atoms with Crippen molar-refractivity contribution in [3.05, 3.63) is 28.8 Å². The molecule has 0 aromatic heterocycles. The SMILES string of the molecule is Cc1ccc(Cl)cc1S(=O)(=O)NCC1CCCCC1O. The minimum Gasteiger partial charge on any atom is -0.393 e. The van der Waals surface area contributed by atoms with Gasteiger partial charge in [-0.3, -0.25) is 0 Å². The number of rotatable bonds is 4. The van der Waals surface area contributed by atoms with Crippen LogP contribution in [0.15, 0.2) is 23.1 Å². The van der Waals surface area contributed by atoms with Crippen molar-refractivity contribution in [3.8, 4) is 0 Å². The van der Waals surface area contributed by atoms with Gasteiger partial charge in [0, 0.05) is 11.6 Å². The van der Waals surface area contributed by atoms with Crippen LogP contribution in [-0.4, -0.2) is 26.2 Å². The molecule has 0 aliphatic heterocycles. The number of hydrogen-bond acceptors (Lipinski definition) is 3. The average molecular weight is 318 g/mol. The van der Waals surface area contributed by atoms with Crippen molar-refractivity contribution < 1.29 is 13.5 Å². The minimum absolute atomic E-state index is 0.00184. The third-order valence-electron chi connectivity index (χ3n) is 3.84. The lowest BCUT2D eigenvalue weighted by Crippen LogP contribution is -2.36. The van der Waals surface area contributed by atoms with E-state index in [1.165, 1.54) is 6.07 Å². The molecule has 2 atom stereocenters. The van der Waals surface area contributed by atoms with Crippen LogP contribution >= 0.6 is 11.6 Å². The predicted molar refractivity (Wildman–Crippen MR) is 79.3 cm³/mol. The fourth-order valence-electron chi connectivity index (χ4n) is 2.58. The summed E-state index contributed by atoms with van der Waals surface area (Å²) in [6.45, 7) is 2.01. The van der Waals surface area contributed by atoms with Gasteiger partial charge in [0.25, 0.3) is 0 Å². The maximum atomic E-state index is 12.3. The summed E-state index contributed by atoms with van der Waals surface area (Å²) in [6, 6.07) is 4.81. The molecule has 1 aliphatic carbocycles. The molecule has 4 nitrogen and oxygen atoms in total. The van der Waals surface area contributed by atoms with E-state index in [9.17, 15) is 13.5 Å². The molecule has 20 heavy (non-hydrogen) atoms. The smallest absolute Gasteiger partial charge is 0.240 e. The van der Waals surface area contributed by atoms with Gasteiger partial charge in [0.05, 0.1) is 11.0 Å². The summed E-state index contributed by atoms with van der Waals surface area (Å²) in [7, 11) is -3.58. The molecule has 1 aliphatic rings. The van der Waals surface area contributed by atoms with Crippen LogP contribution in [0.2, 0.25) is 5.02 Å². The molecule has 0 amide bonds. The molecule has 6 heteroatoms. The predicted octanol–water partition coefficient (Wildman–Crippen LogP) is 2.48. The Morgan fingerprint density at radius 1 is 1.35 bits per heavy atom. The number of aliphatic hydroxyl groups is 1. The molecule has 0 saturated heterocycles. The van der Waals surface area contributed by atoms with E-state index in [0.717, 1.165) is 25.7 Å². The molecule has 0 bridgehead atoms. The van der Waals surface area contributed by atoms with Gasteiger partial charge < -0.3 is 5.11 Å². The number of sulfonamides is 1. The van der Waals surface area contributed by atoms with Crippen molar-refractivity contribution in [1.82, 2.24) is 4.72 Å². The average Bonchev–Trinajstić information content (AvgIpc) is 2.40. The van der Waals surface area contributed by atoms with Gasteiger partial charge in [-0.25, -0.2) is 13.1 Å². The van der Waals surface area contributed by atoms with Crippen molar-refractivity contribution in [1.29, 1.82) is 0 Å². The Labute approximate surface area is 125 Å². The van der Waals surface area contributed by atoms with Crippen LogP contribution in [0.3, 0.4) is 0 Å². The van der Waals surface area contributed by atoms with Gasteiger partial charge in [-0.2, -0.15) is 0 Å². The number of nitrogens with one attached hydrogen (secondary N) is 1. The molecule has 1 aromatic carbocycles. The topological polar surface area (TPSA) is 66.4 Å². The third-order valence-corrected chi connectivity index (χ3v) is 5.64. The second-order valence-corrected chi connectivity index (χ2v) is 7.55. The lowest BCUT2D eigenvalue weighted by Gasteiger charge is -2.27. The van der Waals surface area contributed by atoms with Gasteiger partial charge in [-0.05, 0) is 43.4 Å². The minimum atomic E-state index is -3.58. The van der Waals surface area contributed by atoms with Crippen LogP contribution in [0.25, 0.3) is 0 Å². The summed E-state index contributed by atoms with van der Waals surface area (Å²) < 4.78 is 27.2. The largest absolute Gasteiger partial charge is 0.393 e. The van der Waals surface area contributed by atoms with Crippen LogP contribution in [0, 0.1) is 12.8 Å². The first-order valence-corrected chi connectivity index (χ1v) is 8.70. The number of hydrogen-bond donors (Lipinski definition) is 2. The highest BCUT2D eigenvalue weighted by Crippen LogP contribution is 2.25. The van der Waals surface area contributed by atoms with E-state index in [1.54, 1.807) is 19.1 Å². The van der Waals surface area contributed by atoms with Crippen molar-refractivity contribution in [2.24, 2.45) is 5.92 Å². The zero-order valence-electron chi connectivity index (χ0n) is 11.5. The van der Waals surface area contributed by atoms with E-state index in [-0.39, 0.29) is 17.4 Å². The van der Waals surface area contributed by atoms with Crippen LogP contribution in [0.4, 0.5) is 0 Å². The molecule has 0 heterocycles. The first-order valence-electron chi connectivity index (χ1n) is 6.84. The molecule has 1 fully saturated rings. The number of aryl methyl sites for hydroxylation is 1. The fraction of sp³-hybridized carbons (Fsp3) is 0.571. The molecular weight excluding hydrogens is 298 g/mol. The van der Waals surface area contributed by atoms with Gasteiger partial charge in [0.1, 0.15) is 0 Å². The van der Waals surface area contributed by atoms with E-state index in [2.05, 4.69) is 4.72 Å². The second-order valence-electron chi connectivity index (χ2n) is 5.37. The van der Waals surface area contributed by atoms with E-state index in [1.807, 2.05) is 0 Å². The van der Waals surface area contributed by atoms with E-state index < -0.39 is 16.1 Å². The van der Waals surface area contributed by atoms with Gasteiger partial charge in [-0.1, -0.05) is 30.5 Å². The molecule has 0 radical (unpaired) electrons. The molecule has 2 rings (SSSR count). The zero-order valence-corrected chi connectivity index (χ0v) is 13.0. The summed E-state index contributed by atoms with van der Waals surface area (Å²) in [6.07, 6.45) is 3.25. The molecule has 2 N–H and O–H groups in total. The van der Waals surface area contributed by atoms with Gasteiger partial charge in [0.15, 0.2) is 0 Å². The Morgan fingerprint density at radius 2 is 2.05 bits per heavy atom. The van der Waals surface area contributed by atoms with Crippen molar-refractivity contribution in [2.75, 3.05) is 6.54 Å². The summed E-state index contributed by atoms with van der Waals surface area (Å²) in [5.74, 6) is -0.00184. The Morgan fingerprint density at radius 3 is 2.75 bits per heavy atom. The zero-order chi connectivity index (χ0) is 14.8. The monoisotopic (exact) mass is 317 g/mol. The van der Waals surface area contributed by atoms with Crippen LogP contribution in [-0.2, 0) is 10.0 Å². The summed E-state index contributed by atoms with van der Waals surface area (Å²) in [4.78, 5) is 0.204. The molecule has 2 unspecified atom stereocenters. The Kier molecular flexibility index (Phi) is 5.07. The van der Waals surface area contributed by atoms with Gasteiger partial charge in [0.2, 0.25) is 10.0 Å². The van der Waals surface area contributed by atoms with Crippen LogP contribution in [0.1, 0.15) is 31.2 Å². The molecule has 0 spiro atoms. The van der Waals surface area contributed by atoms with Crippen LogP contribution < -0.4 is 4.72 Å². The summed E-state index contributed by atoms with van der Waals surface area (Å²) in [5, 5.41) is 10.3. The number of halogens is 1. The molecular formula is C14H20ClNO3S. The van der Waals surface area contributed by atoms with Gasteiger partial charge >= 0.3 is 0 Å². The van der Waals surface area contributed by atoms with Crippen molar-refractivity contribution in [2.45, 2.75) is 43.6 Å². The second kappa shape index (κ2) is 6.43. The standard InChI is InChI=1S/C14H20ClNO3S/c1-10-6-7-12(15)8-14(10)20(18,19)16-9-11-4-2-3-5-13(11)17/h6-8,11,13,16-17H,2-5,9H2,1H3. The maximum Gasteiger partial charge on any atom is 0.240 e. The van der Waals surface area contributed by atoms with Crippen molar-refractivity contribution in [3.63, 3.8) is 0 Å². The fourth-order valence-corrected chi connectivity index (χ4v) is 4.18. The highest BCUT2D eigenvalue weighted by molar-refractivity contribution is 7.89. The van der Waals surface area contributed by atoms with E-state index in [4.69, 9.17) is 11.6 Å². The Balaban J connectivity index is 2.09. The molecule has 1 aromatic rings. The van der Waals surface area contributed by atoms with Crippen LogP contribution in [0.5, 0.6) is 0 Å². The molecule has 112 valence electrons. The summed E-state index contributed by atoms with van der Waals surface area (Å²) >= 11 is 5.86. The quantitative estimate of drug-likeness (QED) is 0.896. The lowest BCUT2D eigenvalue weighted by atomic mass is 9.87. The Hall–Kier alpha value is -0.620.